The van der Waals surface area contributed by atoms with E-state index in [9.17, 15) is 13.6 Å². The molecule has 0 unspecified atom stereocenters. The van der Waals surface area contributed by atoms with Crippen LogP contribution in [0.3, 0.4) is 0 Å². The molecule has 0 spiro atoms. The summed E-state index contributed by atoms with van der Waals surface area (Å²) in [6.45, 7) is -0.777. The van der Waals surface area contributed by atoms with E-state index in [1.54, 1.807) is 6.07 Å². The molecule has 74 valence electrons. The van der Waals surface area contributed by atoms with Crippen molar-refractivity contribution in [3.05, 3.63) is 33.2 Å². The molecule has 0 atom stereocenters. The van der Waals surface area contributed by atoms with E-state index in [-0.39, 0.29) is 5.69 Å². The van der Waals surface area contributed by atoms with Crippen LogP contribution in [0.1, 0.15) is 23.4 Å². The standard InChI is InChI=1S/C8H6F2N2O2/c9-8(10)7-5(3-13)6(14)1-4(2-11)12-7/h1,8,13H,3H2,(H,12,14). The number of H-pyrrole nitrogens is 1. The third-order valence-electron chi connectivity index (χ3n) is 1.66. The van der Waals surface area contributed by atoms with E-state index in [4.69, 9.17) is 10.4 Å². The summed E-state index contributed by atoms with van der Waals surface area (Å²) in [4.78, 5) is 13.2. The number of aromatic nitrogens is 1. The predicted octanol–water partition coefficient (Wildman–Crippen LogP) is 0.676. The van der Waals surface area contributed by atoms with E-state index in [0.717, 1.165) is 6.07 Å². The van der Waals surface area contributed by atoms with Crippen LogP contribution in [0.15, 0.2) is 10.9 Å². The Hall–Kier alpha value is -1.74. The molecule has 0 aromatic carbocycles. The molecular formula is C8H6F2N2O2. The van der Waals surface area contributed by atoms with Crippen LogP contribution in [0.25, 0.3) is 0 Å². The van der Waals surface area contributed by atoms with Crippen molar-refractivity contribution < 1.29 is 13.9 Å². The molecule has 0 saturated heterocycles. The van der Waals surface area contributed by atoms with E-state index in [1.807, 2.05) is 0 Å². The first-order chi connectivity index (χ1) is 6.60. The molecule has 0 bridgehead atoms. The van der Waals surface area contributed by atoms with Crippen molar-refractivity contribution in [2.45, 2.75) is 13.0 Å². The molecule has 1 aromatic heterocycles. The molecule has 1 rings (SSSR count). The smallest absolute Gasteiger partial charge is 0.278 e. The highest BCUT2D eigenvalue weighted by Crippen LogP contribution is 2.18. The number of aliphatic hydroxyl groups is 1. The van der Waals surface area contributed by atoms with Crippen molar-refractivity contribution in [3.8, 4) is 6.07 Å². The molecule has 0 aliphatic heterocycles. The first-order valence-electron chi connectivity index (χ1n) is 3.65. The second-order valence-corrected chi connectivity index (χ2v) is 2.51. The topological polar surface area (TPSA) is 76.9 Å². The van der Waals surface area contributed by atoms with E-state index < -0.39 is 29.7 Å². The lowest BCUT2D eigenvalue weighted by atomic mass is 10.2. The maximum Gasteiger partial charge on any atom is 0.278 e. The van der Waals surface area contributed by atoms with Crippen LogP contribution >= 0.6 is 0 Å². The van der Waals surface area contributed by atoms with Gasteiger partial charge in [0.05, 0.1) is 17.9 Å². The highest BCUT2D eigenvalue weighted by molar-refractivity contribution is 5.29. The number of nitrogens with one attached hydrogen (secondary N) is 1. The fraction of sp³-hybridized carbons (Fsp3) is 0.250. The maximum absolute atomic E-state index is 12.3. The average Bonchev–Trinajstić information content (AvgIpc) is 2.16. The number of hydrogen-bond acceptors (Lipinski definition) is 3. The first kappa shape index (κ1) is 10.3. The molecule has 14 heavy (non-hydrogen) atoms. The quantitative estimate of drug-likeness (QED) is 0.736. The lowest BCUT2D eigenvalue weighted by Crippen LogP contribution is -2.15. The number of nitriles is 1. The van der Waals surface area contributed by atoms with Gasteiger partial charge in [0.1, 0.15) is 11.8 Å². The molecule has 2 N–H and O–H groups in total. The molecule has 0 fully saturated rings. The van der Waals surface area contributed by atoms with Crippen molar-refractivity contribution in [2.75, 3.05) is 0 Å². The van der Waals surface area contributed by atoms with Gasteiger partial charge in [0.25, 0.3) is 6.43 Å². The van der Waals surface area contributed by atoms with E-state index in [0.29, 0.717) is 0 Å². The van der Waals surface area contributed by atoms with Crippen molar-refractivity contribution in [2.24, 2.45) is 0 Å². The van der Waals surface area contributed by atoms with Crippen molar-refractivity contribution in [3.63, 3.8) is 0 Å². The van der Waals surface area contributed by atoms with Gasteiger partial charge in [-0.15, -0.1) is 0 Å². The molecule has 0 aliphatic carbocycles. The Kier molecular flexibility index (Phi) is 2.94. The average molecular weight is 200 g/mol. The van der Waals surface area contributed by atoms with Crippen molar-refractivity contribution in [1.29, 1.82) is 5.26 Å². The number of rotatable bonds is 2. The summed E-state index contributed by atoms with van der Waals surface area (Å²) in [5.41, 5.74) is -2.11. The number of aliphatic hydroxyl groups excluding tert-OH is 1. The Morgan fingerprint density at radius 3 is 2.71 bits per heavy atom. The van der Waals surface area contributed by atoms with E-state index in [1.165, 1.54) is 0 Å². The fourth-order valence-corrected chi connectivity index (χ4v) is 1.02. The molecule has 6 heteroatoms. The van der Waals surface area contributed by atoms with E-state index >= 15 is 0 Å². The third kappa shape index (κ3) is 1.78. The van der Waals surface area contributed by atoms with E-state index in [2.05, 4.69) is 4.98 Å². The normalized spacial score (nSPS) is 10.2. The van der Waals surface area contributed by atoms with Gasteiger partial charge >= 0.3 is 0 Å². The molecule has 0 saturated carbocycles. The molecule has 1 aromatic rings. The zero-order valence-corrected chi connectivity index (χ0v) is 6.92. The van der Waals surface area contributed by atoms with Gasteiger partial charge in [-0.3, -0.25) is 4.79 Å². The highest BCUT2D eigenvalue weighted by atomic mass is 19.3. The van der Waals surface area contributed by atoms with Gasteiger partial charge in [0.2, 0.25) is 0 Å². The summed E-state index contributed by atoms with van der Waals surface area (Å²) in [7, 11) is 0. The second-order valence-electron chi connectivity index (χ2n) is 2.51. The van der Waals surface area contributed by atoms with Crippen molar-refractivity contribution in [1.82, 2.24) is 4.98 Å². The van der Waals surface area contributed by atoms with Crippen LogP contribution in [0.4, 0.5) is 8.78 Å². The lowest BCUT2D eigenvalue weighted by molar-refractivity contribution is 0.141. The molecule has 0 radical (unpaired) electrons. The van der Waals surface area contributed by atoms with Gasteiger partial charge in [-0.25, -0.2) is 8.78 Å². The lowest BCUT2D eigenvalue weighted by Gasteiger charge is -2.05. The van der Waals surface area contributed by atoms with Crippen LogP contribution < -0.4 is 5.43 Å². The van der Waals surface area contributed by atoms with Crippen LogP contribution in [0, 0.1) is 11.3 Å². The van der Waals surface area contributed by atoms with Gasteiger partial charge in [0, 0.05) is 6.07 Å². The fourth-order valence-electron chi connectivity index (χ4n) is 1.02. The Labute approximate surface area is 77.4 Å². The largest absolute Gasteiger partial charge is 0.391 e. The number of aromatic amines is 1. The van der Waals surface area contributed by atoms with Crippen LogP contribution in [0.5, 0.6) is 0 Å². The minimum absolute atomic E-state index is 0.248. The number of halogens is 2. The molecule has 4 nitrogen and oxygen atoms in total. The molecular weight excluding hydrogens is 194 g/mol. The number of nitrogens with zero attached hydrogens (tertiary/aromatic N) is 1. The maximum atomic E-state index is 12.3. The Bertz CT molecular complexity index is 434. The van der Waals surface area contributed by atoms with Crippen LogP contribution in [0.2, 0.25) is 0 Å². The summed E-state index contributed by atoms with van der Waals surface area (Å²) in [6.07, 6.45) is -2.92. The number of hydrogen-bond donors (Lipinski definition) is 2. The monoisotopic (exact) mass is 200 g/mol. The van der Waals surface area contributed by atoms with Gasteiger partial charge in [0.15, 0.2) is 5.43 Å². The minimum Gasteiger partial charge on any atom is -0.391 e. The van der Waals surface area contributed by atoms with Gasteiger partial charge in [-0.1, -0.05) is 0 Å². The number of alkyl halides is 2. The molecule has 0 amide bonds. The SMILES string of the molecule is N#Cc1cc(=O)c(CO)c(C(F)F)[nH]1. The predicted molar refractivity (Wildman–Crippen MR) is 42.7 cm³/mol. The van der Waals surface area contributed by atoms with Crippen molar-refractivity contribution >= 4 is 0 Å². The Morgan fingerprint density at radius 2 is 2.29 bits per heavy atom. The summed E-state index contributed by atoms with van der Waals surface area (Å²) in [5.74, 6) is 0. The van der Waals surface area contributed by atoms with Crippen LogP contribution in [-0.4, -0.2) is 10.1 Å². The zero-order valence-electron chi connectivity index (χ0n) is 6.92. The minimum atomic E-state index is -2.92. The van der Waals surface area contributed by atoms with Gasteiger partial charge < -0.3 is 10.1 Å². The van der Waals surface area contributed by atoms with Gasteiger partial charge in [-0.05, 0) is 0 Å². The summed E-state index contributed by atoms with van der Waals surface area (Å²) >= 11 is 0. The van der Waals surface area contributed by atoms with Crippen LogP contribution in [-0.2, 0) is 6.61 Å². The third-order valence-corrected chi connectivity index (χ3v) is 1.66. The highest BCUT2D eigenvalue weighted by Gasteiger charge is 2.16. The summed E-state index contributed by atoms with van der Waals surface area (Å²) < 4.78 is 24.6. The zero-order chi connectivity index (χ0) is 10.7. The molecule has 0 aliphatic rings. The Balaban J connectivity index is 3.45. The summed E-state index contributed by atoms with van der Waals surface area (Å²) in [6, 6.07) is 2.42. The first-order valence-corrected chi connectivity index (χ1v) is 3.65. The molecule has 1 heterocycles. The van der Waals surface area contributed by atoms with Gasteiger partial charge in [-0.2, -0.15) is 5.26 Å². The number of pyridine rings is 1. The second kappa shape index (κ2) is 3.98. The summed E-state index contributed by atoms with van der Waals surface area (Å²) in [5, 5.41) is 17.1. The Morgan fingerprint density at radius 1 is 1.64 bits per heavy atom.